The van der Waals surface area contributed by atoms with Gasteiger partial charge in [-0.15, -0.1) is 0 Å². The van der Waals surface area contributed by atoms with Gasteiger partial charge >= 0.3 is 0 Å². The molecule has 1 aliphatic rings. The normalized spacial score (nSPS) is 20.5. The van der Waals surface area contributed by atoms with E-state index in [9.17, 15) is 0 Å². The molecule has 1 fully saturated rings. The molecule has 1 aromatic carbocycles. The van der Waals surface area contributed by atoms with Crippen molar-refractivity contribution in [3.63, 3.8) is 0 Å². The quantitative estimate of drug-likeness (QED) is 0.812. The SMILES string of the molecule is COc1ccccc1C1(C(C)N)COC1. The molecule has 1 saturated heterocycles. The average Bonchev–Trinajstić information content (AvgIpc) is 2.16. The molecule has 0 bridgehead atoms. The van der Waals surface area contributed by atoms with Crippen LogP contribution in [0, 0.1) is 0 Å². The monoisotopic (exact) mass is 207 g/mol. The number of hydrogen-bond acceptors (Lipinski definition) is 3. The first kappa shape index (κ1) is 10.5. The minimum atomic E-state index is -0.0629. The Balaban J connectivity index is 2.42. The maximum Gasteiger partial charge on any atom is 0.122 e. The van der Waals surface area contributed by atoms with Crippen LogP contribution < -0.4 is 10.5 Å². The lowest BCUT2D eigenvalue weighted by Gasteiger charge is -2.45. The summed E-state index contributed by atoms with van der Waals surface area (Å²) >= 11 is 0. The fourth-order valence-electron chi connectivity index (χ4n) is 2.04. The molecule has 0 spiro atoms. The lowest BCUT2D eigenvalue weighted by atomic mass is 9.73. The van der Waals surface area contributed by atoms with E-state index in [2.05, 4.69) is 6.07 Å². The number of para-hydroxylation sites is 1. The number of benzene rings is 1. The molecular weight excluding hydrogens is 190 g/mol. The van der Waals surface area contributed by atoms with Gasteiger partial charge in [0.2, 0.25) is 0 Å². The maximum atomic E-state index is 6.05. The van der Waals surface area contributed by atoms with Gasteiger partial charge in [0.15, 0.2) is 0 Å². The summed E-state index contributed by atoms with van der Waals surface area (Å²) in [6.45, 7) is 3.39. The standard InChI is InChI=1S/C12H17NO2/c1-9(13)12(7-15-8-12)10-5-3-4-6-11(10)14-2/h3-6,9H,7-8,13H2,1-2H3. The highest BCUT2D eigenvalue weighted by Gasteiger charge is 2.45. The van der Waals surface area contributed by atoms with Crippen LogP contribution in [0.1, 0.15) is 12.5 Å². The molecule has 1 heterocycles. The number of methoxy groups -OCH3 is 1. The number of nitrogens with two attached hydrogens (primary N) is 1. The largest absolute Gasteiger partial charge is 0.496 e. The molecule has 0 saturated carbocycles. The van der Waals surface area contributed by atoms with E-state index in [0.717, 1.165) is 11.3 Å². The van der Waals surface area contributed by atoms with Gasteiger partial charge in [0, 0.05) is 11.6 Å². The van der Waals surface area contributed by atoms with Gasteiger partial charge in [0.05, 0.1) is 25.7 Å². The summed E-state index contributed by atoms with van der Waals surface area (Å²) in [5.74, 6) is 0.901. The topological polar surface area (TPSA) is 44.5 Å². The Kier molecular flexibility index (Phi) is 2.67. The second-order valence-corrected chi connectivity index (χ2v) is 4.14. The van der Waals surface area contributed by atoms with Gasteiger partial charge in [0.1, 0.15) is 5.75 Å². The molecule has 2 N–H and O–H groups in total. The smallest absolute Gasteiger partial charge is 0.122 e. The van der Waals surface area contributed by atoms with Gasteiger partial charge < -0.3 is 15.2 Å². The van der Waals surface area contributed by atoms with Crippen molar-refractivity contribution in [3.8, 4) is 5.75 Å². The van der Waals surface area contributed by atoms with E-state index in [4.69, 9.17) is 15.2 Å². The Hall–Kier alpha value is -1.06. The zero-order valence-corrected chi connectivity index (χ0v) is 9.19. The summed E-state index contributed by atoms with van der Waals surface area (Å²) in [6.07, 6.45) is 0. The van der Waals surface area contributed by atoms with E-state index in [1.165, 1.54) is 0 Å². The first-order chi connectivity index (χ1) is 7.20. The number of ether oxygens (including phenoxy) is 2. The molecule has 15 heavy (non-hydrogen) atoms. The van der Waals surface area contributed by atoms with Crippen molar-refractivity contribution >= 4 is 0 Å². The lowest BCUT2D eigenvalue weighted by molar-refractivity contribution is -0.0710. The molecule has 1 unspecified atom stereocenters. The van der Waals surface area contributed by atoms with Crippen molar-refractivity contribution in [2.24, 2.45) is 5.73 Å². The Morgan fingerprint density at radius 2 is 2.07 bits per heavy atom. The van der Waals surface area contributed by atoms with Gasteiger partial charge in [-0.05, 0) is 13.0 Å². The summed E-state index contributed by atoms with van der Waals surface area (Å²) in [5, 5.41) is 0. The molecule has 3 nitrogen and oxygen atoms in total. The average molecular weight is 207 g/mol. The highest BCUT2D eigenvalue weighted by molar-refractivity contribution is 5.42. The zero-order chi connectivity index (χ0) is 10.9. The van der Waals surface area contributed by atoms with Crippen LogP contribution in [0.15, 0.2) is 24.3 Å². The van der Waals surface area contributed by atoms with Crippen LogP contribution in [0.3, 0.4) is 0 Å². The summed E-state index contributed by atoms with van der Waals surface area (Å²) in [5.41, 5.74) is 7.15. The van der Waals surface area contributed by atoms with Crippen molar-refractivity contribution in [1.29, 1.82) is 0 Å². The van der Waals surface area contributed by atoms with Crippen molar-refractivity contribution in [1.82, 2.24) is 0 Å². The second-order valence-electron chi connectivity index (χ2n) is 4.14. The van der Waals surface area contributed by atoms with Gasteiger partial charge in [-0.2, -0.15) is 0 Å². The molecular formula is C12H17NO2. The first-order valence-corrected chi connectivity index (χ1v) is 5.17. The Morgan fingerprint density at radius 1 is 1.40 bits per heavy atom. The lowest BCUT2D eigenvalue weighted by Crippen LogP contribution is -2.57. The highest BCUT2D eigenvalue weighted by atomic mass is 16.5. The van der Waals surface area contributed by atoms with Gasteiger partial charge in [-0.3, -0.25) is 0 Å². The van der Waals surface area contributed by atoms with Crippen LogP contribution >= 0.6 is 0 Å². The highest BCUT2D eigenvalue weighted by Crippen LogP contribution is 2.39. The molecule has 1 aliphatic heterocycles. The number of rotatable bonds is 3. The van der Waals surface area contributed by atoms with Crippen molar-refractivity contribution in [2.75, 3.05) is 20.3 Å². The molecule has 0 radical (unpaired) electrons. The first-order valence-electron chi connectivity index (χ1n) is 5.17. The molecule has 1 atom stereocenters. The van der Waals surface area contributed by atoms with E-state index >= 15 is 0 Å². The van der Waals surface area contributed by atoms with Crippen LogP contribution in [-0.2, 0) is 10.2 Å². The van der Waals surface area contributed by atoms with Gasteiger partial charge in [0.25, 0.3) is 0 Å². The molecule has 2 rings (SSSR count). The van der Waals surface area contributed by atoms with E-state index in [1.807, 2.05) is 25.1 Å². The van der Waals surface area contributed by atoms with Crippen molar-refractivity contribution < 1.29 is 9.47 Å². The Morgan fingerprint density at radius 3 is 2.53 bits per heavy atom. The van der Waals surface area contributed by atoms with Crippen LogP contribution in [0.4, 0.5) is 0 Å². The molecule has 0 aliphatic carbocycles. The molecule has 0 amide bonds. The van der Waals surface area contributed by atoms with Crippen molar-refractivity contribution in [2.45, 2.75) is 18.4 Å². The Labute approximate surface area is 90.2 Å². The van der Waals surface area contributed by atoms with Crippen molar-refractivity contribution in [3.05, 3.63) is 29.8 Å². The maximum absolute atomic E-state index is 6.05. The minimum Gasteiger partial charge on any atom is -0.496 e. The van der Waals surface area contributed by atoms with Crippen LogP contribution in [-0.4, -0.2) is 26.4 Å². The van der Waals surface area contributed by atoms with E-state index < -0.39 is 0 Å². The van der Waals surface area contributed by atoms with E-state index in [0.29, 0.717) is 13.2 Å². The van der Waals surface area contributed by atoms with Gasteiger partial charge in [-0.1, -0.05) is 18.2 Å². The third-order valence-electron chi connectivity index (χ3n) is 3.23. The summed E-state index contributed by atoms with van der Waals surface area (Å²) in [4.78, 5) is 0. The van der Waals surface area contributed by atoms with Crippen LogP contribution in [0.2, 0.25) is 0 Å². The molecule has 82 valence electrons. The molecule has 3 heteroatoms. The fraction of sp³-hybridized carbons (Fsp3) is 0.500. The van der Waals surface area contributed by atoms with E-state index in [1.54, 1.807) is 7.11 Å². The fourth-order valence-corrected chi connectivity index (χ4v) is 2.04. The molecule has 0 aromatic heterocycles. The summed E-state index contributed by atoms with van der Waals surface area (Å²) in [6, 6.07) is 8.10. The van der Waals surface area contributed by atoms with Crippen LogP contribution in [0.25, 0.3) is 0 Å². The third-order valence-corrected chi connectivity index (χ3v) is 3.23. The number of hydrogen-bond donors (Lipinski definition) is 1. The zero-order valence-electron chi connectivity index (χ0n) is 9.19. The summed E-state index contributed by atoms with van der Waals surface area (Å²) in [7, 11) is 1.69. The van der Waals surface area contributed by atoms with Crippen LogP contribution in [0.5, 0.6) is 5.75 Å². The van der Waals surface area contributed by atoms with E-state index in [-0.39, 0.29) is 11.5 Å². The third kappa shape index (κ3) is 1.52. The summed E-state index contributed by atoms with van der Waals surface area (Å²) < 4.78 is 10.7. The predicted molar refractivity (Wildman–Crippen MR) is 59.1 cm³/mol. The predicted octanol–water partition coefficient (Wildman–Crippen LogP) is 1.31. The van der Waals surface area contributed by atoms with Gasteiger partial charge in [-0.25, -0.2) is 0 Å². The Bertz CT molecular complexity index is 345. The minimum absolute atomic E-state index is 0.0629. The second kappa shape index (κ2) is 3.83. The molecule has 1 aromatic rings.